The zero-order valence-electron chi connectivity index (χ0n) is 20.3. The summed E-state index contributed by atoms with van der Waals surface area (Å²) in [5.41, 5.74) is 2.44. The van der Waals surface area contributed by atoms with Gasteiger partial charge in [0.1, 0.15) is 5.75 Å². The number of hydrogen-bond donors (Lipinski definition) is 2. The van der Waals surface area contributed by atoms with Gasteiger partial charge in [-0.15, -0.1) is 0 Å². The third-order valence-corrected chi connectivity index (χ3v) is 6.74. The molecular weight excluding hydrogens is 386 g/mol. The Morgan fingerprint density at radius 3 is 2.48 bits per heavy atom. The van der Waals surface area contributed by atoms with Gasteiger partial charge in [-0.25, -0.2) is 0 Å². The van der Waals surface area contributed by atoms with Crippen LogP contribution in [0, 0.1) is 12.8 Å². The molecule has 0 amide bonds. The van der Waals surface area contributed by atoms with Crippen LogP contribution in [0.5, 0.6) is 5.75 Å². The molecule has 1 aromatic rings. The summed E-state index contributed by atoms with van der Waals surface area (Å²) >= 11 is 0. The molecule has 1 saturated carbocycles. The van der Waals surface area contributed by atoms with Gasteiger partial charge in [-0.3, -0.25) is 9.89 Å². The highest BCUT2D eigenvalue weighted by Crippen LogP contribution is 2.27. The first-order valence-corrected chi connectivity index (χ1v) is 12.1. The van der Waals surface area contributed by atoms with Gasteiger partial charge in [-0.2, -0.15) is 0 Å². The van der Waals surface area contributed by atoms with Crippen molar-refractivity contribution in [2.45, 2.75) is 65.1 Å². The Balaban J connectivity index is 1.55. The number of nitrogens with one attached hydrogen (secondary N) is 2. The summed E-state index contributed by atoms with van der Waals surface area (Å²) in [6.45, 7) is 12.9. The molecule has 0 radical (unpaired) electrons. The number of benzene rings is 1. The largest absolute Gasteiger partial charge is 0.490 e. The van der Waals surface area contributed by atoms with Gasteiger partial charge in [0.15, 0.2) is 5.96 Å². The van der Waals surface area contributed by atoms with Gasteiger partial charge in [0, 0.05) is 57.9 Å². The molecule has 31 heavy (non-hydrogen) atoms. The minimum atomic E-state index is 0.369. The normalized spacial score (nSPS) is 20.3. The standard InChI is InChI=1S/C25H43N5O/c1-19(2)23(30-14-12-29(5)13-15-30)18-28-25(26-4)27-17-21-11-10-20(3)16-24(21)31-22-8-6-7-9-22/h10-11,16,19,22-23H,6-9,12-15,17-18H2,1-5H3,(H2,26,27,28). The number of ether oxygens (including phenoxy) is 1. The summed E-state index contributed by atoms with van der Waals surface area (Å²) in [5, 5.41) is 7.08. The minimum absolute atomic E-state index is 0.369. The maximum Gasteiger partial charge on any atom is 0.191 e. The van der Waals surface area contributed by atoms with Crippen LogP contribution < -0.4 is 15.4 Å². The lowest BCUT2D eigenvalue weighted by molar-refractivity contribution is 0.0900. The highest BCUT2D eigenvalue weighted by molar-refractivity contribution is 5.79. The average molecular weight is 430 g/mol. The summed E-state index contributed by atoms with van der Waals surface area (Å²) in [6, 6.07) is 7.03. The Hall–Kier alpha value is -1.79. The van der Waals surface area contributed by atoms with Crippen molar-refractivity contribution in [3.63, 3.8) is 0 Å². The number of likely N-dealkylation sites (N-methyl/N-ethyl adjacent to an activating group) is 1. The van der Waals surface area contributed by atoms with Gasteiger partial charge >= 0.3 is 0 Å². The zero-order valence-corrected chi connectivity index (χ0v) is 20.3. The van der Waals surface area contributed by atoms with Crippen molar-refractivity contribution < 1.29 is 4.74 Å². The molecule has 1 aromatic carbocycles. The SMILES string of the molecule is CN=C(NCc1ccc(C)cc1OC1CCCC1)NCC(C(C)C)N1CCN(C)CC1. The minimum Gasteiger partial charge on any atom is -0.490 e. The first-order chi connectivity index (χ1) is 15.0. The summed E-state index contributed by atoms with van der Waals surface area (Å²) in [4.78, 5) is 9.50. The molecule has 3 rings (SSSR count). The number of aliphatic imine (C=N–C) groups is 1. The van der Waals surface area contributed by atoms with Crippen molar-refractivity contribution in [2.24, 2.45) is 10.9 Å². The van der Waals surface area contributed by atoms with E-state index in [2.05, 4.69) is 71.4 Å². The maximum atomic E-state index is 6.36. The number of nitrogens with zero attached hydrogens (tertiary/aromatic N) is 3. The van der Waals surface area contributed by atoms with Gasteiger partial charge in [0.2, 0.25) is 0 Å². The lowest BCUT2D eigenvalue weighted by Gasteiger charge is -2.40. The molecular formula is C25H43N5O. The Kier molecular flexibility index (Phi) is 9.02. The zero-order chi connectivity index (χ0) is 22.2. The molecule has 1 aliphatic heterocycles. The van der Waals surface area contributed by atoms with Crippen molar-refractivity contribution >= 4 is 5.96 Å². The predicted molar refractivity (Wildman–Crippen MR) is 130 cm³/mol. The van der Waals surface area contributed by atoms with E-state index in [9.17, 15) is 0 Å². The molecule has 1 unspecified atom stereocenters. The fourth-order valence-electron chi connectivity index (χ4n) is 4.64. The molecule has 6 heteroatoms. The third-order valence-electron chi connectivity index (χ3n) is 6.74. The van der Waals surface area contributed by atoms with Gasteiger partial charge < -0.3 is 20.3 Å². The van der Waals surface area contributed by atoms with Gasteiger partial charge in [-0.1, -0.05) is 26.0 Å². The maximum absolute atomic E-state index is 6.36. The van der Waals surface area contributed by atoms with Crippen molar-refractivity contribution in [1.82, 2.24) is 20.4 Å². The molecule has 2 aliphatic rings. The van der Waals surface area contributed by atoms with Crippen LogP contribution in [0.1, 0.15) is 50.7 Å². The molecule has 1 aliphatic carbocycles. The number of piperazine rings is 1. The lowest BCUT2D eigenvalue weighted by atomic mass is 10.0. The van der Waals surface area contributed by atoms with E-state index in [1.54, 1.807) is 0 Å². The Labute approximate surface area is 189 Å². The molecule has 6 nitrogen and oxygen atoms in total. The summed E-state index contributed by atoms with van der Waals surface area (Å²) in [6.07, 6.45) is 5.28. The second-order valence-electron chi connectivity index (χ2n) is 9.59. The second kappa shape index (κ2) is 11.7. The molecule has 1 atom stereocenters. The first-order valence-electron chi connectivity index (χ1n) is 12.1. The topological polar surface area (TPSA) is 52.1 Å². The van der Waals surface area contributed by atoms with Gasteiger partial charge in [0.05, 0.1) is 6.10 Å². The highest BCUT2D eigenvalue weighted by Gasteiger charge is 2.25. The van der Waals surface area contributed by atoms with E-state index in [0.29, 0.717) is 24.6 Å². The monoisotopic (exact) mass is 429 g/mol. The van der Waals surface area contributed by atoms with Crippen LogP contribution >= 0.6 is 0 Å². The van der Waals surface area contributed by atoms with E-state index in [0.717, 1.165) is 44.4 Å². The van der Waals surface area contributed by atoms with E-state index in [-0.39, 0.29) is 0 Å². The predicted octanol–water partition coefficient (Wildman–Crippen LogP) is 3.25. The number of guanidine groups is 1. The lowest BCUT2D eigenvalue weighted by Crippen LogP contribution is -2.55. The molecule has 0 aromatic heterocycles. The molecule has 0 spiro atoms. The molecule has 174 valence electrons. The number of rotatable bonds is 8. The summed E-state index contributed by atoms with van der Waals surface area (Å²) in [7, 11) is 4.06. The number of hydrogen-bond acceptors (Lipinski definition) is 4. The summed E-state index contributed by atoms with van der Waals surface area (Å²) in [5.74, 6) is 2.47. The van der Waals surface area contributed by atoms with Crippen molar-refractivity contribution in [2.75, 3.05) is 46.8 Å². The Morgan fingerprint density at radius 2 is 1.84 bits per heavy atom. The van der Waals surface area contributed by atoms with E-state index in [1.165, 1.54) is 36.8 Å². The van der Waals surface area contributed by atoms with Crippen molar-refractivity contribution in [3.8, 4) is 5.75 Å². The third kappa shape index (κ3) is 7.11. The average Bonchev–Trinajstić information content (AvgIpc) is 3.25. The van der Waals surface area contributed by atoms with Crippen LogP contribution in [0.2, 0.25) is 0 Å². The molecule has 0 bridgehead atoms. The van der Waals surface area contributed by atoms with E-state index >= 15 is 0 Å². The van der Waals surface area contributed by atoms with Crippen LogP contribution in [0.4, 0.5) is 0 Å². The van der Waals surface area contributed by atoms with E-state index in [1.807, 2.05) is 7.05 Å². The van der Waals surface area contributed by atoms with Crippen LogP contribution in [0.25, 0.3) is 0 Å². The Morgan fingerprint density at radius 1 is 1.13 bits per heavy atom. The van der Waals surface area contributed by atoms with Crippen LogP contribution in [-0.2, 0) is 6.54 Å². The fourth-order valence-corrected chi connectivity index (χ4v) is 4.64. The molecule has 2 fully saturated rings. The quantitative estimate of drug-likeness (QED) is 0.491. The summed E-state index contributed by atoms with van der Waals surface area (Å²) < 4.78 is 6.36. The Bertz CT molecular complexity index is 706. The highest BCUT2D eigenvalue weighted by atomic mass is 16.5. The van der Waals surface area contributed by atoms with Crippen LogP contribution in [-0.4, -0.2) is 74.7 Å². The van der Waals surface area contributed by atoms with E-state index < -0.39 is 0 Å². The van der Waals surface area contributed by atoms with Crippen LogP contribution in [0.15, 0.2) is 23.2 Å². The molecule has 2 N–H and O–H groups in total. The van der Waals surface area contributed by atoms with E-state index in [4.69, 9.17) is 4.74 Å². The van der Waals surface area contributed by atoms with Crippen molar-refractivity contribution in [1.29, 1.82) is 0 Å². The van der Waals surface area contributed by atoms with Gasteiger partial charge in [-0.05, 0) is 57.2 Å². The fraction of sp³-hybridized carbons (Fsp3) is 0.720. The van der Waals surface area contributed by atoms with Crippen molar-refractivity contribution in [3.05, 3.63) is 29.3 Å². The molecule has 1 heterocycles. The number of aryl methyl sites for hydroxylation is 1. The van der Waals surface area contributed by atoms with Crippen LogP contribution in [0.3, 0.4) is 0 Å². The first kappa shape index (κ1) is 23.9. The smallest absolute Gasteiger partial charge is 0.191 e. The molecule has 1 saturated heterocycles. The second-order valence-corrected chi connectivity index (χ2v) is 9.59. The van der Waals surface area contributed by atoms with Gasteiger partial charge in [0.25, 0.3) is 0 Å².